The van der Waals surface area contributed by atoms with Gasteiger partial charge in [0.05, 0.1) is 11.4 Å². The van der Waals surface area contributed by atoms with Crippen LogP contribution in [-0.2, 0) is 6.54 Å². The standard InChI is InChI=1S/C21H24N2S/c1-15(2)13-23-20(18-11-10-16(3)17(4)12-18)14-24-21(23)22-19-8-6-5-7-9-19/h5-12,14-15H,13H2,1-4H3. The van der Waals surface area contributed by atoms with E-state index in [1.54, 1.807) is 11.3 Å². The molecule has 124 valence electrons. The van der Waals surface area contributed by atoms with Crippen molar-refractivity contribution in [1.29, 1.82) is 0 Å². The SMILES string of the molecule is Cc1ccc(-c2csc(=Nc3ccccc3)n2CC(C)C)cc1C. The maximum atomic E-state index is 4.86. The topological polar surface area (TPSA) is 17.3 Å². The lowest BCUT2D eigenvalue weighted by molar-refractivity contribution is 0.518. The Hall–Kier alpha value is -2.13. The van der Waals surface area contributed by atoms with Crippen LogP contribution in [0.25, 0.3) is 11.3 Å². The van der Waals surface area contributed by atoms with Crippen LogP contribution in [0, 0.1) is 19.8 Å². The smallest absolute Gasteiger partial charge is 0.190 e. The first kappa shape index (κ1) is 16.7. The number of rotatable bonds is 4. The van der Waals surface area contributed by atoms with Crippen LogP contribution >= 0.6 is 11.3 Å². The molecule has 0 unspecified atom stereocenters. The van der Waals surface area contributed by atoms with Crippen molar-refractivity contribution in [2.45, 2.75) is 34.2 Å². The van der Waals surface area contributed by atoms with Gasteiger partial charge in [-0.2, -0.15) is 0 Å². The minimum absolute atomic E-state index is 0.569. The molecule has 24 heavy (non-hydrogen) atoms. The average molecular weight is 337 g/mol. The van der Waals surface area contributed by atoms with Gasteiger partial charge in [0, 0.05) is 11.9 Å². The predicted molar refractivity (Wildman–Crippen MR) is 104 cm³/mol. The number of thiazole rings is 1. The van der Waals surface area contributed by atoms with E-state index < -0.39 is 0 Å². The highest BCUT2D eigenvalue weighted by molar-refractivity contribution is 7.07. The van der Waals surface area contributed by atoms with E-state index in [9.17, 15) is 0 Å². The molecule has 0 N–H and O–H groups in total. The summed E-state index contributed by atoms with van der Waals surface area (Å²) >= 11 is 1.71. The van der Waals surface area contributed by atoms with Crippen LogP contribution in [0.15, 0.2) is 58.9 Å². The number of benzene rings is 2. The summed E-state index contributed by atoms with van der Waals surface area (Å²) in [5.74, 6) is 0.569. The Morgan fingerprint density at radius 2 is 1.75 bits per heavy atom. The summed E-state index contributed by atoms with van der Waals surface area (Å²) in [6.07, 6.45) is 0. The summed E-state index contributed by atoms with van der Waals surface area (Å²) in [5.41, 5.74) is 6.19. The third kappa shape index (κ3) is 3.68. The molecule has 0 amide bonds. The summed E-state index contributed by atoms with van der Waals surface area (Å²) < 4.78 is 2.35. The molecule has 0 aliphatic carbocycles. The second-order valence-corrected chi connectivity index (χ2v) is 7.49. The van der Waals surface area contributed by atoms with Gasteiger partial charge in [-0.25, -0.2) is 4.99 Å². The van der Waals surface area contributed by atoms with Crippen molar-refractivity contribution >= 4 is 17.0 Å². The highest BCUT2D eigenvalue weighted by Crippen LogP contribution is 2.24. The molecule has 3 rings (SSSR count). The number of hydrogen-bond donors (Lipinski definition) is 0. The lowest BCUT2D eigenvalue weighted by Gasteiger charge is -2.12. The summed E-state index contributed by atoms with van der Waals surface area (Å²) in [5, 5.41) is 2.23. The Bertz CT molecular complexity index is 886. The van der Waals surface area contributed by atoms with E-state index in [2.05, 4.69) is 68.0 Å². The van der Waals surface area contributed by atoms with Crippen molar-refractivity contribution in [2.75, 3.05) is 0 Å². The van der Waals surface area contributed by atoms with Gasteiger partial charge in [-0.3, -0.25) is 0 Å². The van der Waals surface area contributed by atoms with E-state index in [-0.39, 0.29) is 0 Å². The van der Waals surface area contributed by atoms with Gasteiger partial charge < -0.3 is 4.57 Å². The molecule has 0 fully saturated rings. The normalized spacial score (nSPS) is 12.1. The molecule has 1 aromatic heterocycles. The van der Waals surface area contributed by atoms with Crippen LogP contribution in [0.5, 0.6) is 0 Å². The van der Waals surface area contributed by atoms with Crippen LogP contribution in [-0.4, -0.2) is 4.57 Å². The Balaban J connectivity index is 2.13. The fourth-order valence-corrected chi connectivity index (χ4v) is 3.64. The number of aromatic nitrogens is 1. The maximum Gasteiger partial charge on any atom is 0.190 e. The molecule has 0 saturated carbocycles. The number of aryl methyl sites for hydroxylation is 2. The zero-order chi connectivity index (χ0) is 17.1. The lowest BCUT2D eigenvalue weighted by atomic mass is 10.0. The molecule has 0 bridgehead atoms. The van der Waals surface area contributed by atoms with E-state index in [4.69, 9.17) is 4.99 Å². The molecule has 3 heteroatoms. The highest BCUT2D eigenvalue weighted by atomic mass is 32.1. The van der Waals surface area contributed by atoms with Crippen LogP contribution in [0.1, 0.15) is 25.0 Å². The molecular formula is C21H24N2S. The summed E-state index contributed by atoms with van der Waals surface area (Å²) in [6.45, 7) is 9.80. The van der Waals surface area contributed by atoms with E-state index in [0.717, 1.165) is 17.0 Å². The zero-order valence-electron chi connectivity index (χ0n) is 14.8. The molecule has 0 radical (unpaired) electrons. The first-order chi connectivity index (χ1) is 11.5. The maximum absolute atomic E-state index is 4.86. The van der Waals surface area contributed by atoms with Gasteiger partial charge in [-0.1, -0.05) is 44.2 Å². The molecule has 0 aliphatic rings. The van der Waals surface area contributed by atoms with E-state index >= 15 is 0 Å². The third-order valence-electron chi connectivity index (χ3n) is 4.13. The average Bonchev–Trinajstić information content (AvgIpc) is 2.93. The third-order valence-corrected chi connectivity index (χ3v) is 4.99. The first-order valence-corrected chi connectivity index (χ1v) is 9.28. The van der Waals surface area contributed by atoms with Gasteiger partial charge in [0.25, 0.3) is 0 Å². The second kappa shape index (κ2) is 7.18. The number of hydrogen-bond acceptors (Lipinski definition) is 2. The zero-order valence-corrected chi connectivity index (χ0v) is 15.6. The van der Waals surface area contributed by atoms with Gasteiger partial charge in [0.2, 0.25) is 0 Å². The Morgan fingerprint density at radius 3 is 2.42 bits per heavy atom. The monoisotopic (exact) mass is 336 g/mol. The molecular weight excluding hydrogens is 312 g/mol. The van der Waals surface area contributed by atoms with Crippen molar-refractivity contribution < 1.29 is 0 Å². The van der Waals surface area contributed by atoms with E-state index in [1.807, 2.05) is 18.2 Å². The largest absolute Gasteiger partial charge is 0.316 e. The minimum atomic E-state index is 0.569. The number of para-hydroxylation sites is 1. The second-order valence-electron chi connectivity index (χ2n) is 6.65. The summed E-state index contributed by atoms with van der Waals surface area (Å²) in [4.78, 5) is 5.92. The fourth-order valence-electron chi connectivity index (χ4n) is 2.70. The van der Waals surface area contributed by atoms with Gasteiger partial charge in [-0.05, 0) is 54.7 Å². The molecule has 0 spiro atoms. The van der Waals surface area contributed by atoms with Crippen molar-refractivity contribution in [2.24, 2.45) is 10.9 Å². The van der Waals surface area contributed by atoms with Gasteiger partial charge in [-0.15, -0.1) is 11.3 Å². The van der Waals surface area contributed by atoms with Crippen molar-refractivity contribution in [3.8, 4) is 11.3 Å². The van der Waals surface area contributed by atoms with E-state index in [1.165, 1.54) is 22.4 Å². The molecule has 2 nitrogen and oxygen atoms in total. The molecule has 0 aliphatic heterocycles. The van der Waals surface area contributed by atoms with Crippen molar-refractivity contribution in [1.82, 2.24) is 4.57 Å². The van der Waals surface area contributed by atoms with Crippen LogP contribution in [0.4, 0.5) is 5.69 Å². The van der Waals surface area contributed by atoms with Crippen LogP contribution < -0.4 is 4.80 Å². The molecule has 1 heterocycles. The van der Waals surface area contributed by atoms with Crippen molar-refractivity contribution in [3.05, 3.63) is 69.8 Å². The Kier molecular flexibility index (Phi) is 5.00. The van der Waals surface area contributed by atoms with Crippen LogP contribution in [0.3, 0.4) is 0 Å². The van der Waals surface area contributed by atoms with Gasteiger partial charge in [0.15, 0.2) is 4.80 Å². The quantitative estimate of drug-likeness (QED) is 0.579. The summed E-state index contributed by atoms with van der Waals surface area (Å²) in [7, 11) is 0. The molecule has 0 atom stereocenters. The summed E-state index contributed by atoms with van der Waals surface area (Å²) in [6, 6.07) is 16.9. The fraction of sp³-hybridized carbons (Fsp3) is 0.286. The minimum Gasteiger partial charge on any atom is -0.316 e. The Morgan fingerprint density at radius 1 is 1.00 bits per heavy atom. The lowest BCUT2D eigenvalue weighted by Crippen LogP contribution is -2.18. The van der Waals surface area contributed by atoms with Crippen LogP contribution in [0.2, 0.25) is 0 Å². The number of nitrogens with zero attached hydrogens (tertiary/aromatic N) is 2. The predicted octanol–water partition coefficient (Wildman–Crippen LogP) is 5.72. The first-order valence-electron chi connectivity index (χ1n) is 8.40. The highest BCUT2D eigenvalue weighted by Gasteiger charge is 2.10. The Labute approximate surface area is 148 Å². The molecule has 0 saturated heterocycles. The van der Waals surface area contributed by atoms with E-state index in [0.29, 0.717) is 5.92 Å². The van der Waals surface area contributed by atoms with Gasteiger partial charge in [0.1, 0.15) is 0 Å². The molecule has 2 aromatic carbocycles. The molecule has 3 aromatic rings. The van der Waals surface area contributed by atoms with Crippen molar-refractivity contribution in [3.63, 3.8) is 0 Å². The van der Waals surface area contributed by atoms with Gasteiger partial charge >= 0.3 is 0 Å².